The number of aryl methyl sites for hydroxylation is 1. The number of ether oxygens (including phenoxy) is 1. The number of carbonyl (C=O) groups is 2. The number of hydrogen-bond donors (Lipinski definition) is 3. The number of urea groups is 1. The number of primary amides is 1. The number of fused-ring (bicyclic) bond motifs is 1. The number of nitrogens with two attached hydrogens (primary N) is 2. The van der Waals surface area contributed by atoms with Gasteiger partial charge in [0.2, 0.25) is 0 Å². The molecule has 0 saturated carbocycles. The quantitative estimate of drug-likeness (QED) is 0.742. The van der Waals surface area contributed by atoms with Crippen LogP contribution in [0.1, 0.15) is 30.0 Å². The highest BCUT2D eigenvalue weighted by atomic mass is 16.5. The van der Waals surface area contributed by atoms with Gasteiger partial charge in [0.15, 0.2) is 6.61 Å². The van der Waals surface area contributed by atoms with Crippen LogP contribution in [0.3, 0.4) is 0 Å². The lowest BCUT2D eigenvalue weighted by Crippen LogP contribution is -2.38. The molecule has 3 amide bonds. The molecule has 19 heavy (non-hydrogen) atoms. The van der Waals surface area contributed by atoms with E-state index in [-0.39, 0.29) is 12.6 Å². The van der Waals surface area contributed by atoms with Crippen molar-refractivity contribution >= 4 is 11.9 Å². The second-order valence-electron chi connectivity index (χ2n) is 4.56. The molecule has 1 aromatic rings. The Morgan fingerprint density at radius 3 is 2.95 bits per heavy atom. The van der Waals surface area contributed by atoms with Gasteiger partial charge in [0.25, 0.3) is 5.91 Å². The second-order valence-corrected chi connectivity index (χ2v) is 4.56. The van der Waals surface area contributed by atoms with Gasteiger partial charge in [-0.05, 0) is 42.5 Å². The first-order chi connectivity index (χ1) is 9.06. The highest BCUT2D eigenvalue weighted by molar-refractivity contribution is 5.94. The van der Waals surface area contributed by atoms with E-state index in [1.165, 1.54) is 5.56 Å². The maximum Gasteiger partial charge on any atom is 0.318 e. The van der Waals surface area contributed by atoms with E-state index < -0.39 is 11.9 Å². The highest BCUT2D eigenvalue weighted by Gasteiger charge is 2.17. The average Bonchev–Trinajstić information content (AvgIpc) is 2.36. The minimum Gasteiger partial charge on any atom is -0.484 e. The summed E-state index contributed by atoms with van der Waals surface area (Å²) in [5, 5.41) is 1.93. The molecule has 1 aromatic carbocycles. The van der Waals surface area contributed by atoms with Crippen LogP contribution < -0.4 is 21.5 Å². The summed E-state index contributed by atoms with van der Waals surface area (Å²) in [6.45, 7) is -0.253. The fourth-order valence-electron chi connectivity index (χ4n) is 2.23. The van der Waals surface area contributed by atoms with Crippen molar-refractivity contribution in [2.24, 2.45) is 11.5 Å². The minimum atomic E-state index is -0.888. The van der Waals surface area contributed by atoms with Gasteiger partial charge in [-0.1, -0.05) is 6.07 Å². The number of benzene rings is 1. The molecular weight excluding hydrogens is 246 g/mol. The standard InChI is InChI=1S/C13H17N3O3/c14-11-3-1-2-8-4-5-9(6-10(8)11)19-7-12(17)16-13(15)18/h4-6,11H,1-3,7,14H2,(H3,15,16,17,18)/t11-/m1/s1. The molecule has 0 fully saturated rings. The van der Waals surface area contributed by atoms with Crippen molar-refractivity contribution in [1.29, 1.82) is 0 Å². The molecule has 102 valence electrons. The van der Waals surface area contributed by atoms with E-state index in [4.69, 9.17) is 16.2 Å². The van der Waals surface area contributed by atoms with Crippen molar-refractivity contribution in [3.8, 4) is 5.75 Å². The van der Waals surface area contributed by atoms with Crippen molar-refractivity contribution < 1.29 is 14.3 Å². The average molecular weight is 263 g/mol. The van der Waals surface area contributed by atoms with Gasteiger partial charge >= 0.3 is 6.03 Å². The molecule has 2 rings (SSSR count). The molecular formula is C13H17N3O3. The lowest BCUT2D eigenvalue weighted by molar-refractivity contribution is -0.121. The normalized spacial score (nSPS) is 17.4. The lowest BCUT2D eigenvalue weighted by atomic mass is 9.88. The van der Waals surface area contributed by atoms with Crippen LogP contribution in [0, 0.1) is 0 Å². The van der Waals surface area contributed by atoms with Crippen LogP contribution >= 0.6 is 0 Å². The van der Waals surface area contributed by atoms with Crippen LogP contribution in [0.25, 0.3) is 0 Å². The van der Waals surface area contributed by atoms with Crippen LogP contribution in [-0.2, 0) is 11.2 Å². The van der Waals surface area contributed by atoms with E-state index in [0.29, 0.717) is 5.75 Å². The third-order valence-corrected chi connectivity index (χ3v) is 3.11. The SMILES string of the molecule is NC(=O)NC(=O)COc1ccc2c(c1)[C@H](N)CCC2. The van der Waals surface area contributed by atoms with Gasteiger partial charge in [-0.25, -0.2) is 4.79 Å². The van der Waals surface area contributed by atoms with E-state index in [1.54, 1.807) is 6.07 Å². The molecule has 0 unspecified atom stereocenters. The molecule has 1 atom stereocenters. The third-order valence-electron chi connectivity index (χ3n) is 3.11. The summed E-state index contributed by atoms with van der Waals surface area (Å²) in [5.41, 5.74) is 13.2. The van der Waals surface area contributed by atoms with E-state index in [1.807, 2.05) is 17.4 Å². The number of hydrogen-bond acceptors (Lipinski definition) is 4. The molecule has 0 saturated heterocycles. The van der Waals surface area contributed by atoms with Gasteiger partial charge < -0.3 is 16.2 Å². The van der Waals surface area contributed by atoms with Crippen LogP contribution in [0.15, 0.2) is 18.2 Å². The molecule has 0 aliphatic heterocycles. The van der Waals surface area contributed by atoms with Crippen LogP contribution in [0.4, 0.5) is 4.79 Å². The molecule has 0 aromatic heterocycles. The fourth-order valence-corrected chi connectivity index (χ4v) is 2.23. The second kappa shape index (κ2) is 5.71. The zero-order valence-electron chi connectivity index (χ0n) is 10.5. The Labute approximate surface area is 111 Å². The summed E-state index contributed by atoms with van der Waals surface area (Å²) in [7, 11) is 0. The summed E-state index contributed by atoms with van der Waals surface area (Å²) < 4.78 is 5.31. The first-order valence-electron chi connectivity index (χ1n) is 6.17. The molecule has 0 radical (unpaired) electrons. The number of imide groups is 1. The monoisotopic (exact) mass is 263 g/mol. The Hall–Kier alpha value is -2.08. The smallest absolute Gasteiger partial charge is 0.318 e. The largest absolute Gasteiger partial charge is 0.484 e. The summed E-state index contributed by atoms with van der Waals surface area (Å²) in [6, 6.07) is 4.76. The molecule has 0 spiro atoms. The number of nitrogens with one attached hydrogen (secondary N) is 1. The van der Waals surface area contributed by atoms with Crippen LogP contribution in [0.2, 0.25) is 0 Å². The van der Waals surface area contributed by atoms with Crippen molar-refractivity contribution in [3.05, 3.63) is 29.3 Å². The maximum absolute atomic E-state index is 11.2. The summed E-state index contributed by atoms with van der Waals surface area (Å²) in [6.07, 6.45) is 3.07. The van der Waals surface area contributed by atoms with Gasteiger partial charge in [0.1, 0.15) is 5.75 Å². The van der Waals surface area contributed by atoms with Crippen molar-refractivity contribution in [2.75, 3.05) is 6.61 Å². The zero-order chi connectivity index (χ0) is 13.8. The van der Waals surface area contributed by atoms with Gasteiger partial charge in [0.05, 0.1) is 0 Å². The Morgan fingerprint density at radius 1 is 1.42 bits per heavy atom. The fraction of sp³-hybridized carbons (Fsp3) is 0.385. The van der Waals surface area contributed by atoms with Gasteiger partial charge in [-0.2, -0.15) is 0 Å². The van der Waals surface area contributed by atoms with E-state index in [0.717, 1.165) is 24.8 Å². The number of rotatable bonds is 3. The molecule has 1 aliphatic carbocycles. The van der Waals surface area contributed by atoms with E-state index >= 15 is 0 Å². The predicted molar refractivity (Wildman–Crippen MR) is 69.5 cm³/mol. The Morgan fingerprint density at radius 2 is 2.21 bits per heavy atom. The molecule has 0 bridgehead atoms. The van der Waals surface area contributed by atoms with E-state index in [2.05, 4.69) is 0 Å². The van der Waals surface area contributed by atoms with Gasteiger partial charge in [-0.3, -0.25) is 10.1 Å². The Kier molecular flexibility index (Phi) is 4.01. The summed E-state index contributed by atoms with van der Waals surface area (Å²) >= 11 is 0. The van der Waals surface area contributed by atoms with Crippen molar-refractivity contribution in [1.82, 2.24) is 5.32 Å². The number of amides is 3. The molecule has 5 N–H and O–H groups in total. The third kappa shape index (κ3) is 3.45. The van der Waals surface area contributed by atoms with Crippen LogP contribution in [-0.4, -0.2) is 18.5 Å². The van der Waals surface area contributed by atoms with Crippen molar-refractivity contribution in [3.63, 3.8) is 0 Å². The van der Waals surface area contributed by atoms with Gasteiger partial charge in [-0.15, -0.1) is 0 Å². The first kappa shape index (κ1) is 13.4. The maximum atomic E-state index is 11.2. The lowest BCUT2D eigenvalue weighted by Gasteiger charge is -2.22. The van der Waals surface area contributed by atoms with Gasteiger partial charge in [0, 0.05) is 6.04 Å². The molecule has 0 heterocycles. The summed E-state index contributed by atoms with van der Waals surface area (Å²) in [4.78, 5) is 21.7. The molecule has 6 nitrogen and oxygen atoms in total. The molecule has 6 heteroatoms. The summed E-state index contributed by atoms with van der Waals surface area (Å²) in [5.74, 6) is -0.00904. The topological polar surface area (TPSA) is 107 Å². The Balaban J connectivity index is 2.00. The van der Waals surface area contributed by atoms with E-state index in [9.17, 15) is 9.59 Å². The van der Waals surface area contributed by atoms with Crippen molar-refractivity contribution in [2.45, 2.75) is 25.3 Å². The van der Waals surface area contributed by atoms with Crippen LogP contribution in [0.5, 0.6) is 5.75 Å². The zero-order valence-corrected chi connectivity index (χ0v) is 10.5. The first-order valence-corrected chi connectivity index (χ1v) is 6.17. The highest BCUT2D eigenvalue weighted by Crippen LogP contribution is 2.30. The number of carbonyl (C=O) groups excluding carboxylic acids is 2. The predicted octanol–water partition coefficient (Wildman–Crippen LogP) is 0.596. The Bertz CT molecular complexity index is 502. The minimum absolute atomic E-state index is 0.0201. The molecule has 1 aliphatic rings.